The second kappa shape index (κ2) is 8.67. The van der Waals surface area contributed by atoms with Crippen LogP contribution in [0.4, 0.5) is 0 Å². The standard InChI is InChI=1S/C22H20Cl2N2O3S/c1-29-25-15-21(16-5-3-2-4-6-16)22(17-7-9-18(23)10-8-17)26(25)30(27,28)20-13-11-19(24)12-14-20/h2-14,21-22H,15H2,1H3. The van der Waals surface area contributed by atoms with Crippen LogP contribution in [-0.4, -0.2) is 31.7 Å². The summed E-state index contributed by atoms with van der Waals surface area (Å²) in [6.07, 6.45) is 0. The Balaban J connectivity index is 1.87. The molecule has 0 spiro atoms. The summed E-state index contributed by atoms with van der Waals surface area (Å²) in [6.45, 7) is 0.376. The van der Waals surface area contributed by atoms with Gasteiger partial charge >= 0.3 is 0 Å². The molecule has 5 nitrogen and oxygen atoms in total. The van der Waals surface area contributed by atoms with Crippen molar-refractivity contribution in [1.29, 1.82) is 0 Å². The van der Waals surface area contributed by atoms with E-state index < -0.39 is 16.1 Å². The first-order valence-corrected chi connectivity index (χ1v) is 11.5. The Labute approximate surface area is 186 Å². The van der Waals surface area contributed by atoms with Crippen molar-refractivity contribution in [2.75, 3.05) is 13.7 Å². The second-order valence-electron chi connectivity index (χ2n) is 6.96. The van der Waals surface area contributed by atoms with E-state index >= 15 is 0 Å². The summed E-state index contributed by atoms with van der Waals surface area (Å²) in [5, 5.41) is 2.46. The van der Waals surface area contributed by atoms with Crippen LogP contribution in [0, 0.1) is 0 Å². The van der Waals surface area contributed by atoms with Crippen LogP contribution in [0.15, 0.2) is 83.8 Å². The van der Waals surface area contributed by atoms with Crippen LogP contribution in [-0.2, 0) is 14.9 Å². The molecule has 2 unspecified atom stereocenters. The van der Waals surface area contributed by atoms with Crippen molar-refractivity contribution < 1.29 is 13.3 Å². The number of hydrazine groups is 1. The van der Waals surface area contributed by atoms with Crippen molar-refractivity contribution in [1.82, 2.24) is 9.59 Å². The van der Waals surface area contributed by atoms with Gasteiger partial charge in [0, 0.05) is 16.0 Å². The highest BCUT2D eigenvalue weighted by atomic mass is 35.5. The normalized spacial score (nSPS) is 20.5. The largest absolute Gasteiger partial charge is 0.286 e. The number of hydrogen-bond acceptors (Lipinski definition) is 4. The molecule has 1 aliphatic rings. The highest BCUT2D eigenvalue weighted by Gasteiger charge is 2.48. The van der Waals surface area contributed by atoms with Crippen LogP contribution in [0.25, 0.3) is 0 Å². The van der Waals surface area contributed by atoms with Gasteiger partial charge in [-0.3, -0.25) is 4.84 Å². The number of sulfonamides is 1. The van der Waals surface area contributed by atoms with Gasteiger partial charge in [0.15, 0.2) is 0 Å². The zero-order valence-corrected chi connectivity index (χ0v) is 18.5. The topological polar surface area (TPSA) is 49.9 Å². The summed E-state index contributed by atoms with van der Waals surface area (Å²) in [5.74, 6) is -0.144. The molecule has 1 saturated heterocycles. The van der Waals surface area contributed by atoms with Crippen LogP contribution >= 0.6 is 23.2 Å². The maximum atomic E-state index is 13.7. The Morgan fingerprint density at radius 3 is 1.97 bits per heavy atom. The molecule has 2 atom stereocenters. The quantitative estimate of drug-likeness (QED) is 0.515. The Morgan fingerprint density at radius 2 is 1.40 bits per heavy atom. The van der Waals surface area contributed by atoms with E-state index in [1.54, 1.807) is 24.3 Å². The van der Waals surface area contributed by atoms with Gasteiger partial charge in [-0.25, -0.2) is 8.42 Å². The first kappa shape index (κ1) is 21.3. The van der Waals surface area contributed by atoms with Gasteiger partial charge in [-0.2, -0.15) is 0 Å². The summed E-state index contributed by atoms with van der Waals surface area (Å²) in [6, 6.07) is 22.7. The first-order valence-electron chi connectivity index (χ1n) is 9.34. The summed E-state index contributed by atoms with van der Waals surface area (Å²) in [4.78, 5) is 5.65. The van der Waals surface area contributed by atoms with Gasteiger partial charge in [-0.05, 0) is 47.5 Å². The van der Waals surface area contributed by atoms with Crippen LogP contribution in [0.2, 0.25) is 10.0 Å². The lowest BCUT2D eigenvalue weighted by Gasteiger charge is -2.30. The summed E-state index contributed by atoms with van der Waals surface area (Å²) in [7, 11) is -2.45. The van der Waals surface area contributed by atoms with Crippen molar-refractivity contribution >= 4 is 33.2 Å². The predicted octanol–water partition coefficient (Wildman–Crippen LogP) is 5.30. The highest BCUT2D eigenvalue weighted by Crippen LogP contribution is 2.46. The van der Waals surface area contributed by atoms with E-state index in [4.69, 9.17) is 28.0 Å². The summed E-state index contributed by atoms with van der Waals surface area (Å²) < 4.78 is 28.7. The maximum Gasteiger partial charge on any atom is 0.258 e. The van der Waals surface area contributed by atoms with Gasteiger partial charge in [0.2, 0.25) is 0 Å². The molecule has 3 aromatic rings. The third-order valence-corrected chi connectivity index (χ3v) is 7.47. The average molecular weight is 463 g/mol. The molecule has 0 bridgehead atoms. The average Bonchev–Trinajstić information content (AvgIpc) is 3.16. The van der Waals surface area contributed by atoms with Gasteiger partial charge in [0.25, 0.3) is 10.0 Å². The van der Waals surface area contributed by atoms with E-state index in [1.165, 1.54) is 28.8 Å². The molecular weight excluding hydrogens is 443 g/mol. The van der Waals surface area contributed by atoms with Crippen LogP contribution in [0.1, 0.15) is 23.1 Å². The summed E-state index contributed by atoms with van der Waals surface area (Å²) >= 11 is 12.0. The summed E-state index contributed by atoms with van der Waals surface area (Å²) in [5.41, 5.74) is 1.85. The molecule has 1 heterocycles. The molecule has 0 saturated carbocycles. The van der Waals surface area contributed by atoms with Crippen molar-refractivity contribution in [2.24, 2.45) is 0 Å². The maximum absolute atomic E-state index is 13.7. The molecule has 0 amide bonds. The van der Waals surface area contributed by atoms with Gasteiger partial charge in [-0.1, -0.05) is 70.1 Å². The SMILES string of the molecule is CON1CC(c2ccccc2)C(c2ccc(Cl)cc2)N1S(=O)(=O)c1ccc(Cl)cc1. The van der Waals surface area contributed by atoms with Crippen LogP contribution < -0.4 is 0 Å². The molecule has 3 aromatic carbocycles. The monoisotopic (exact) mass is 462 g/mol. The third kappa shape index (κ3) is 3.99. The Morgan fingerprint density at radius 1 is 0.833 bits per heavy atom. The molecular formula is C22H20Cl2N2O3S. The smallest absolute Gasteiger partial charge is 0.258 e. The van der Waals surface area contributed by atoms with Gasteiger partial charge in [0.05, 0.1) is 24.6 Å². The van der Waals surface area contributed by atoms with E-state index in [0.29, 0.717) is 16.6 Å². The molecule has 0 aromatic heterocycles. The van der Waals surface area contributed by atoms with Crippen molar-refractivity contribution in [3.8, 4) is 0 Å². The molecule has 8 heteroatoms. The van der Waals surface area contributed by atoms with Crippen molar-refractivity contribution in [2.45, 2.75) is 16.9 Å². The lowest BCUT2D eigenvalue weighted by atomic mass is 9.89. The number of hydroxylamine groups is 1. The van der Waals surface area contributed by atoms with Crippen molar-refractivity contribution in [3.63, 3.8) is 0 Å². The molecule has 1 aliphatic heterocycles. The van der Waals surface area contributed by atoms with E-state index in [0.717, 1.165) is 11.1 Å². The molecule has 0 radical (unpaired) electrons. The molecule has 156 valence electrons. The molecule has 4 rings (SSSR count). The Bertz CT molecular complexity index is 1110. The van der Waals surface area contributed by atoms with Crippen LogP contribution in [0.3, 0.4) is 0 Å². The van der Waals surface area contributed by atoms with Gasteiger partial charge in [0.1, 0.15) is 0 Å². The predicted molar refractivity (Wildman–Crippen MR) is 118 cm³/mol. The van der Waals surface area contributed by atoms with E-state index in [-0.39, 0.29) is 10.8 Å². The highest BCUT2D eigenvalue weighted by molar-refractivity contribution is 7.89. The number of rotatable bonds is 5. The van der Waals surface area contributed by atoms with Gasteiger partial charge in [-0.15, -0.1) is 5.17 Å². The Kier molecular flexibility index (Phi) is 6.16. The van der Waals surface area contributed by atoms with E-state index in [9.17, 15) is 8.42 Å². The number of benzene rings is 3. The number of halogens is 2. The Hall–Kier alpha value is -1.93. The third-order valence-electron chi connectivity index (χ3n) is 5.20. The van der Waals surface area contributed by atoms with Gasteiger partial charge < -0.3 is 0 Å². The fraction of sp³-hybridized carbons (Fsp3) is 0.182. The minimum Gasteiger partial charge on any atom is -0.286 e. The molecule has 1 fully saturated rings. The number of nitrogens with zero attached hydrogens (tertiary/aromatic N) is 2. The van der Waals surface area contributed by atoms with Crippen molar-refractivity contribution in [3.05, 3.63) is 100 Å². The van der Waals surface area contributed by atoms with Crippen LogP contribution in [0.5, 0.6) is 0 Å². The minimum absolute atomic E-state index is 0.140. The van der Waals surface area contributed by atoms with E-state index in [2.05, 4.69) is 0 Å². The fourth-order valence-corrected chi connectivity index (χ4v) is 5.68. The minimum atomic E-state index is -3.92. The lowest BCUT2D eigenvalue weighted by molar-refractivity contribution is -0.212. The number of hydrogen-bond donors (Lipinski definition) is 0. The zero-order valence-electron chi connectivity index (χ0n) is 16.2. The lowest BCUT2D eigenvalue weighted by Crippen LogP contribution is -2.41. The molecule has 0 aliphatic carbocycles. The molecule has 30 heavy (non-hydrogen) atoms. The second-order valence-corrected chi connectivity index (χ2v) is 9.63. The zero-order chi connectivity index (χ0) is 21.3. The first-order chi connectivity index (χ1) is 14.4. The fourth-order valence-electron chi connectivity index (χ4n) is 3.79. The van der Waals surface area contributed by atoms with E-state index in [1.807, 2.05) is 42.5 Å². The molecule has 0 N–H and O–H groups in total.